The van der Waals surface area contributed by atoms with E-state index in [-0.39, 0.29) is 33.9 Å². The maximum absolute atomic E-state index is 14.3. The molecule has 0 saturated heterocycles. The fraction of sp³-hybridized carbons (Fsp3) is 0.0833. The fourth-order valence-corrected chi connectivity index (χ4v) is 3.33. The number of nitrogens with two attached hydrogens (primary N) is 1. The van der Waals surface area contributed by atoms with Crippen LogP contribution in [0, 0.1) is 5.82 Å². The summed E-state index contributed by atoms with van der Waals surface area (Å²) in [6.07, 6.45) is -6.10. The Bertz CT molecular complexity index is 1470. The van der Waals surface area contributed by atoms with Gasteiger partial charge in [-0.3, -0.25) is 9.78 Å². The smallest absolute Gasteiger partial charge is 0.366 e. The summed E-state index contributed by atoms with van der Waals surface area (Å²) < 4.78 is 93.2. The number of nitrogens with zero attached hydrogens (tertiary/aromatic N) is 4. The lowest BCUT2D eigenvalue weighted by Gasteiger charge is -2.08. The molecule has 0 saturated carbocycles. The van der Waals surface area contributed by atoms with E-state index in [4.69, 9.17) is 5.73 Å². The third kappa shape index (κ3) is 5.50. The van der Waals surface area contributed by atoms with Gasteiger partial charge in [-0.1, -0.05) is 24.3 Å². The van der Waals surface area contributed by atoms with Crippen molar-refractivity contribution in [2.75, 3.05) is 0 Å². The molecule has 0 aliphatic carbocycles. The number of amides is 1. The van der Waals surface area contributed by atoms with Crippen LogP contribution in [0.25, 0.3) is 34.5 Å². The second kappa shape index (κ2) is 9.48. The van der Waals surface area contributed by atoms with Crippen molar-refractivity contribution < 1.29 is 35.5 Å². The minimum absolute atomic E-state index is 0.0863. The van der Waals surface area contributed by atoms with Crippen LogP contribution >= 0.6 is 0 Å². The largest absolute Gasteiger partial charge is 0.416 e. The maximum Gasteiger partial charge on any atom is 0.416 e. The number of benzene rings is 2. The van der Waals surface area contributed by atoms with Gasteiger partial charge in [0.05, 0.1) is 22.9 Å². The van der Waals surface area contributed by atoms with E-state index < -0.39 is 35.2 Å². The first kappa shape index (κ1) is 25.5. The summed E-state index contributed by atoms with van der Waals surface area (Å²) in [5, 5.41) is 4.18. The first-order valence-electron chi connectivity index (χ1n) is 10.3. The number of carbonyl (C=O) groups excluding carboxylic acids is 1. The predicted molar refractivity (Wildman–Crippen MR) is 118 cm³/mol. The molecule has 0 radical (unpaired) electrons. The Hall–Kier alpha value is -4.55. The van der Waals surface area contributed by atoms with Crippen LogP contribution in [0.15, 0.2) is 67.0 Å². The molecule has 0 aliphatic rings. The number of pyridine rings is 1. The molecule has 6 nitrogen and oxygen atoms in total. The summed E-state index contributed by atoms with van der Waals surface area (Å²) in [4.78, 5) is 20.0. The molecule has 37 heavy (non-hydrogen) atoms. The molecular formula is C24H14F7N5O. The van der Waals surface area contributed by atoms with Crippen molar-refractivity contribution in [2.24, 2.45) is 5.73 Å². The number of halogens is 7. The molecule has 0 aliphatic heterocycles. The van der Waals surface area contributed by atoms with Crippen molar-refractivity contribution in [3.05, 3.63) is 89.5 Å². The number of rotatable bonds is 5. The predicted octanol–water partition coefficient (Wildman–Crippen LogP) is 5.67. The second-order valence-corrected chi connectivity index (χ2v) is 7.62. The van der Waals surface area contributed by atoms with Crippen molar-refractivity contribution in [3.8, 4) is 22.8 Å². The zero-order valence-corrected chi connectivity index (χ0v) is 18.3. The quantitative estimate of drug-likeness (QED) is 0.271. The zero-order valence-electron chi connectivity index (χ0n) is 18.3. The van der Waals surface area contributed by atoms with Crippen LogP contribution in [0.1, 0.15) is 16.7 Å². The molecule has 2 N–H and O–H groups in total. The van der Waals surface area contributed by atoms with Crippen molar-refractivity contribution in [2.45, 2.75) is 12.4 Å². The minimum Gasteiger partial charge on any atom is -0.366 e. The summed E-state index contributed by atoms with van der Waals surface area (Å²) in [7, 11) is 0. The number of primary amides is 1. The number of hydrogen-bond donors (Lipinski definition) is 1. The van der Waals surface area contributed by atoms with Gasteiger partial charge in [-0.15, -0.1) is 5.10 Å². The molecule has 0 atom stereocenters. The standard InChI is InChI=1S/C24H14F7N5O/c25-19-11-33-10-9-17(19)18(20(32)37)12-36-22(14-3-7-16(8-4-14)24(29,30)31)34-21(35-36)13-1-5-15(6-2-13)23(26,27)28/h1-12H,(H2,32,37)/b18-12+. The Morgan fingerprint density at radius 3 is 1.86 bits per heavy atom. The Kier molecular flexibility index (Phi) is 6.55. The Morgan fingerprint density at radius 2 is 1.38 bits per heavy atom. The molecule has 2 aromatic carbocycles. The molecule has 2 heterocycles. The van der Waals surface area contributed by atoms with Gasteiger partial charge in [0, 0.05) is 29.1 Å². The monoisotopic (exact) mass is 521 g/mol. The van der Waals surface area contributed by atoms with Gasteiger partial charge in [0.15, 0.2) is 11.6 Å². The van der Waals surface area contributed by atoms with E-state index in [1.54, 1.807) is 0 Å². The van der Waals surface area contributed by atoms with E-state index in [1.165, 1.54) is 12.3 Å². The molecule has 0 spiro atoms. The summed E-state index contributed by atoms with van der Waals surface area (Å²) in [5.74, 6) is -2.14. The van der Waals surface area contributed by atoms with Gasteiger partial charge < -0.3 is 5.73 Å². The minimum atomic E-state index is -4.60. The number of alkyl halides is 6. The van der Waals surface area contributed by atoms with Crippen LogP contribution in [-0.2, 0) is 17.1 Å². The van der Waals surface area contributed by atoms with Gasteiger partial charge in [-0.05, 0) is 30.3 Å². The van der Waals surface area contributed by atoms with Crippen molar-refractivity contribution in [1.29, 1.82) is 0 Å². The number of carbonyl (C=O) groups is 1. The average Bonchev–Trinajstić information content (AvgIpc) is 3.26. The lowest BCUT2D eigenvalue weighted by molar-refractivity contribution is -0.138. The third-order valence-corrected chi connectivity index (χ3v) is 5.15. The van der Waals surface area contributed by atoms with E-state index in [1.807, 2.05) is 0 Å². The molecule has 13 heteroatoms. The highest BCUT2D eigenvalue weighted by atomic mass is 19.4. The first-order chi connectivity index (χ1) is 17.3. The molecule has 0 bridgehead atoms. The maximum atomic E-state index is 14.3. The van der Waals surface area contributed by atoms with E-state index in [2.05, 4.69) is 15.1 Å². The molecule has 190 valence electrons. The van der Waals surface area contributed by atoms with Crippen LogP contribution in [0.3, 0.4) is 0 Å². The topological polar surface area (TPSA) is 86.7 Å². The van der Waals surface area contributed by atoms with Crippen LogP contribution in [0.2, 0.25) is 0 Å². The normalized spacial score (nSPS) is 12.6. The molecule has 1 amide bonds. The molecule has 4 rings (SSSR count). The van der Waals surface area contributed by atoms with Gasteiger partial charge in [0.25, 0.3) is 5.91 Å². The molecule has 2 aromatic heterocycles. The SMILES string of the molecule is NC(=O)/C(=C/n1nc(-c2ccc(C(F)(F)F)cc2)nc1-c1ccc(C(F)(F)F)cc1)c1ccncc1F. The van der Waals surface area contributed by atoms with Crippen molar-refractivity contribution in [3.63, 3.8) is 0 Å². The highest BCUT2D eigenvalue weighted by Crippen LogP contribution is 2.33. The highest BCUT2D eigenvalue weighted by Gasteiger charge is 2.31. The number of hydrogen-bond acceptors (Lipinski definition) is 4. The van der Waals surface area contributed by atoms with Crippen LogP contribution in [0.5, 0.6) is 0 Å². The van der Waals surface area contributed by atoms with Crippen LogP contribution < -0.4 is 5.73 Å². The second-order valence-electron chi connectivity index (χ2n) is 7.62. The number of aromatic nitrogens is 4. The fourth-order valence-electron chi connectivity index (χ4n) is 3.33. The first-order valence-corrected chi connectivity index (χ1v) is 10.3. The summed E-state index contributed by atoms with van der Waals surface area (Å²) in [5.41, 5.74) is 3.25. The Balaban J connectivity index is 1.88. The van der Waals surface area contributed by atoms with E-state index in [0.717, 1.165) is 65.6 Å². The van der Waals surface area contributed by atoms with Gasteiger partial charge >= 0.3 is 12.4 Å². The van der Waals surface area contributed by atoms with E-state index in [0.29, 0.717) is 0 Å². The summed E-state index contributed by atoms with van der Waals surface area (Å²) >= 11 is 0. The van der Waals surface area contributed by atoms with Gasteiger partial charge in [-0.25, -0.2) is 14.1 Å². The Labute approximate surface area is 203 Å². The average molecular weight is 521 g/mol. The van der Waals surface area contributed by atoms with Gasteiger partial charge in [0.1, 0.15) is 5.82 Å². The highest BCUT2D eigenvalue weighted by molar-refractivity contribution is 6.22. The zero-order chi connectivity index (χ0) is 27.0. The van der Waals surface area contributed by atoms with Crippen molar-refractivity contribution in [1.82, 2.24) is 19.7 Å². The van der Waals surface area contributed by atoms with Crippen molar-refractivity contribution >= 4 is 17.7 Å². The third-order valence-electron chi connectivity index (χ3n) is 5.15. The van der Waals surface area contributed by atoms with Crippen LogP contribution in [-0.4, -0.2) is 25.7 Å². The van der Waals surface area contributed by atoms with Gasteiger partial charge in [0.2, 0.25) is 0 Å². The van der Waals surface area contributed by atoms with Crippen LogP contribution in [0.4, 0.5) is 30.7 Å². The Morgan fingerprint density at radius 1 is 0.838 bits per heavy atom. The molecular weight excluding hydrogens is 507 g/mol. The van der Waals surface area contributed by atoms with E-state index >= 15 is 0 Å². The van der Waals surface area contributed by atoms with E-state index in [9.17, 15) is 35.5 Å². The lowest BCUT2D eigenvalue weighted by atomic mass is 10.1. The molecule has 4 aromatic rings. The summed E-state index contributed by atoms with van der Waals surface area (Å²) in [6, 6.07) is 8.82. The summed E-state index contributed by atoms with van der Waals surface area (Å²) in [6.45, 7) is 0. The molecule has 0 unspecified atom stereocenters. The lowest BCUT2D eigenvalue weighted by Crippen LogP contribution is -2.15. The molecule has 0 fully saturated rings. The van der Waals surface area contributed by atoms with Gasteiger partial charge in [-0.2, -0.15) is 26.3 Å².